The molecule has 1 rings (SSSR count). The summed E-state index contributed by atoms with van der Waals surface area (Å²) in [5, 5.41) is 4.17. The van der Waals surface area contributed by atoms with Crippen molar-refractivity contribution in [3.63, 3.8) is 0 Å². The zero-order valence-electron chi connectivity index (χ0n) is 11.7. The molecule has 0 aromatic carbocycles. The normalized spacial score (nSPS) is 14.7. The van der Waals surface area contributed by atoms with Crippen molar-refractivity contribution in [1.82, 2.24) is 15.2 Å². The van der Waals surface area contributed by atoms with Crippen LogP contribution in [0.2, 0.25) is 0 Å². The molecule has 0 spiro atoms. The van der Waals surface area contributed by atoms with E-state index in [0.29, 0.717) is 0 Å². The minimum atomic E-state index is 0.193. The van der Waals surface area contributed by atoms with Crippen LogP contribution < -0.4 is 11.3 Å². The molecular weight excluding hydrogens is 228 g/mol. The van der Waals surface area contributed by atoms with Gasteiger partial charge in [0, 0.05) is 31.6 Å². The van der Waals surface area contributed by atoms with Crippen LogP contribution in [0.3, 0.4) is 0 Å². The molecule has 18 heavy (non-hydrogen) atoms. The van der Waals surface area contributed by atoms with Crippen molar-refractivity contribution in [2.75, 3.05) is 6.61 Å². The fourth-order valence-electron chi connectivity index (χ4n) is 2.23. The van der Waals surface area contributed by atoms with Crippen LogP contribution in [0.25, 0.3) is 0 Å². The number of nitrogens with one attached hydrogen (secondary N) is 1. The average molecular weight is 254 g/mol. The largest absolute Gasteiger partial charge is 0.377 e. The second-order valence-corrected chi connectivity index (χ2v) is 4.54. The highest BCUT2D eigenvalue weighted by molar-refractivity contribution is 5.00. The summed E-state index contributed by atoms with van der Waals surface area (Å²) in [5.41, 5.74) is 4.12. The van der Waals surface area contributed by atoms with Crippen LogP contribution in [-0.4, -0.2) is 28.5 Å². The van der Waals surface area contributed by atoms with E-state index < -0.39 is 0 Å². The topological polar surface area (TPSA) is 65.1 Å². The third kappa shape index (κ3) is 4.40. The number of rotatable bonds is 9. The van der Waals surface area contributed by atoms with Gasteiger partial charge in [0.2, 0.25) is 0 Å². The highest BCUT2D eigenvalue weighted by atomic mass is 16.5. The molecule has 104 valence electrons. The van der Waals surface area contributed by atoms with E-state index >= 15 is 0 Å². The molecule has 0 amide bonds. The fourth-order valence-corrected chi connectivity index (χ4v) is 2.23. The Labute approximate surface area is 110 Å². The molecule has 1 heterocycles. The van der Waals surface area contributed by atoms with Crippen LogP contribution in [0.1, 0.15) is 38.8 Å². The molecule has 3 N–H and O–H groups in total. The maximum absolute atomic E-state index is 5.77. The SMILES string of the molecule is CCCC(OCC)C(CCc1ccnn1C)NN. The van der Waals surface area contributed by atoms with Crippen LogP contribution in [-0.2, 0) is 18.2 Å². The zero-order valence-corrected chi connectivity index (χ0v) is 11.7. The van der Waals surface area contributed by atoms with Crippen molar-refractivity contribution in [2.45, 2.75) is 51.7 Å². The summed E-state index contributed by atoms with van der Waals surface area (Å²) in [7, 11) is 1.96. The number of hydrazine groups is 1. The van der Waals surface area contributed by atoms with E-state index in [1.807, 2.05) is 30.9 Å². The lowest BCUT2D eigenvalue weighted by atomic mass is 10.0. The van der Waals surface area contributed by atoms with Crippen molar-refractivity contribution in [1.29, 1.82) is 0 Å². The van der Waals surface area contributed by atoms with Gasteiger partial charge in [-0.05, 0) is 32.3 Å². The Bertz CT molecular complexity index is 321. The monoisotopic (exact) mass is 254 g/mol. The smallest absolute Gasteiger partial charge is 0.0741 e. The molecule has 0 radical (unpaired) electrons. The minimum absolute atomic E-state index is 0.193. The van der Waals surface area contributed by atoms with Gasteiger partial charge in [-0.25, -0.2) is 0 Å². The van der Waals surface area contributed by atoms with Crippen molar-refractivity contribution >= 4 is 0 Å². The number of aromatic nitrogens is 2. The zero-order chi connectivity index (χ0) is 13.4. The molecule has 1 aromatic rings. The van der Waals surface area contributed by atoms with E-state index in [-0.39, 0.29) is 12.1 Å². The van der Waals surface area contributed by atoms with Crippen LogP contribution in [0, 0.1) is 0 Å². The number of nitrogens with zero attached hydrogens (tertiary/aromatic N) is 2. The van der Waals surface area contributed by atoms with Crippen molar-refractivity contribution < 1.29 is 4.74 Å². The van der Waals surface area contributed by atoms with Gasteiger partial charge in [0.1, 0.15) is 0 Å². The van der Waals surface area contributed by atoms with Crippen LogP contribution in [0.4, 0.5) is 0 Å². The molecule has 0 aliphatic heterocycles. The van der Waals surface area contributed by atoms with Gasteiger partial charge in [-0.1, -0.05) is 13.3 Å². The van der Waals surface area contributed by atoms with Crippen LogP contribution in [0.15, 0.2) is 12.3 Å². The Hall–Kier alpha value is -0.910. The Morgan fingerprint density at radius 3 is 2.72 bits per heavy atom. The number of aryl methyl sites for hydroxylation is 2. The third-order valence-electron chi connectivity index (χ3n) is 3.25. The molecule has 0 saturated carbocycles. The lowest BCUT2D eigenvalue weighted by molar-refractivity contribution is 0.0259. The number of hydrogen-bond donors (Lipinski definition) is 2. The second kappa shape index (κ2) is 8.24. The highest BCUT2D eigenvalue weighted by Crippen LogP contribution is 2.13. The minimum Gasteiger partial charge on any atom is -0.377 e. The molecule has 0 fully saturated rings. The van der Waals surface area contributed by atoms with Gasteiger partial charge in [-0.15, -0.1) is 0 Å². The van der Waals surface area contributed by atoms with Crippen molar-refractivity contribution in [3.05, 3.63) is 18.0 Å². The van der Waals surface area contributed by atoms with E-state index in [1.54, 1.807) is 0 Å². The van der Waals surface area contributed by atoms with Gasteiger partial charge in [0.05, 0.1) is 6.10 Å². The molecule has 2 atom stereocenters. The Kier molecular flexibility index (Phi) is 6.93. The predicted octanol–water partition coefficient (Wildman–Crippen LogP) is 1.39. The molecule has 2 unspecified atom stereocenters. The molecular formula is C13H26N4O. The molecule has 0 aliphatic rings. The maximum atomic E-state index is 5.77. The summed E-state index contributed by atoms with van der Waals surface area (Å²) in [6, 6.07) is 2.24. The summed E-state index contributed by atoms with van der Waals surface area (Å²) < 4.78 is 7.68. The molecule has 5 heteroatoms. The molecule has 0 aliphatic carbocycles. The summed E-state index contributed by atoms with van der Waals surface area (Å²) in [6.07, 6.45) is 6.08. The van der Waals surface area contributed by atoms with Crippen molar-refractivity contribution in [2.24, 2.45) is 12.9 Å². The molecule has 0 bridgehead atoms. The van der Waals surface area contributed by atoms with E-state index in [0.717, 1.165) is 32.3 Å². The quantitative estimate of drug-likeness (QED) is 0.516. The Morgan fingerprint density at radius 1 is 1.44 bits per heavy atom. The lowest BCUT2D eigenvalue weighted by Gasteiger charge is -2.26. The van der Waals surface area contributed by atoms with E-state index in [2.05, 4.69) is 17.4 Å². The van der Waals surface area contributed by atoms with Gasteiger partial charge in [-0.3, -0.25) is 16.0 Å². The Balaban J connectivity index is 2.51. The van der Waals surface area contributed by atoms with Gasteiger partial charge in [0.25, 0.3) is 0 Å². The molecule has 5 nitrogen and oxygen atoms in total. The van der Waals surface area contributed by atoms with Gasteiger partial charge in [-0.2, -0.15) is 5.10 Å². The standard InChI is InChI=1S/C13H26N4O/c1-4-6-13(18-5-2)12(16-14)8-7-11-9-10-15-17(11)3/h9-10,12-13,16H,4-8,14H2,1-3H3. The van der Waals surface area contributed by atoms with Crippen LogP contribution in [0.5, 0.6) is 0 Å². The molecule has 1 aromatic heterocycles. The van der Waals surface area contributed by atoms with E-state index in [4.69, 9.17) is 10.6 Å². The van der Waals surface area contributed by atoms with Gasteiger partial charge >= 0.3 is 0 Å². The van der Waals surface area contributed by atoms with E-state index in [9.17, 15) is 0 Å². The first-order valence-corrected chi connectivity index (χ1v) is 6.77. The van der Waals surface area contributed by atoms with Crippen LogP contribution >= 0.6 is 0 Å². The summed E-state index contributed by atoms with van der Waals surface area (Å²) >= 11 is 0. The summed E-state index contributed by atoms with van der Waals surface area (Å²) in [6.45, 7) is 4.92. The lowest BCUT2D eigenvalue weighted by Crippen LogP contribution is -2.45. The molecule has 0 saturated heterocycles. The number of hydrogen-bond acceptors (Lipinski definition) is 4. The first kappa shape index (κ1) is 15.1. The predicted molar refractivity (Wildman–Crippen MR) is 73.0 cm³/mol. The summed E-state index contributed by atoms with van der Waals surface area (Å²) in [4.78, 5) is 0. The third-order valence-corrected chi connectivity index (χ3v) is 3.25. The number of ether oxygens (including phenoxy) is 1. The number of nitrogens with two attached hydrogens (primary N) is 1. The fraction of sp³-hybridized carbons (Fsp3) is 0.769. The summed E-state index contributed by atoms with van der Waals surface area (Å²) in [5.74, 6) is 5.66. The first-order chi connectivity index (χ1) is 8.72. The second-order valence-electron chi connectivity index (χ2n) is 4.54. The van der Waals surface area contributed by atoms with Gasteiger partial charge < -0.3 is 4.74 Å². The van der Waals surface area contributed by atoms with Crippen molar-refractivity contribution in [3.8, 4) is 0 Å². The highest BCUT2D eigenvalue weighted by Gasteiger charge is 2.20. The average Bonchev–Trinajstić information content (AvgIpc) is 2.76. The van der Waals surface area contributed by atoms with E-state index in [1.165, 1.54) is 5.69 Å². The Morgan fingerprint density at radius 2 is 2.22 bits per heavy atom. The van der Waals surface area contributed by atoms with Gasteiger partial charge in [0.15, 0.2) is 0 Å². The first-order valence-electron chi connectivity index (χ1n) is 6.77. The maximum Gasteiger partial charge on any atom is 0.0741 e.